The molecule has 0 spiro atoms. The Morgan fingerprint density at radius 3 is 2.66 bits per heavy atom. The summed E-state index contributed by atoms with van der Waals surface area (Å²) in [5.41, 5.74) is 2.54. The maximum absolute atomic E-state index is 12.3. The largest absolute Gasteiger partial charge is 0.485 e. The lowest BCUT2D eigenvalue weighted by Crippen LogP contribution is -2.27. The monoisotopic (exact) mass is 452 g/mol. The molecule has 8 heteroatoms. The fourth-order valence-corrected chi connectivity index (χ4v) is 4.22. The van der Waals surface area contributed by atoms with Crippen molar-refractivity contribution in [2.24, 2.45) is 7.05 Å². The summed E-state index contributed by atoms with van der Waals surface area (Å²) in [4.78, 5) is 12.3. The zero-order valence-corrected chi connectivity index (χ0v) is 19.4. The zero-order valence-electron chi connectivity index (χ0n) is 18.6. The van der Waals surface area contributed by atoms with Crippen molar-refractivity contribution < 1.29 is 14.3 Å². The Kier molecular flexibility index (Phi) is 6.99. The molecule has 1 aliphatic heterocycles. The first-order valence-corrected chi connectivity index (χ1v) is 11.8. The van der Waals surface area contributed by atoms with E-state index in [1.807, 2.05) is 35.9 Å². The normalized spacial score (nSPS) is 15.1. The molecule has 2 aromatic carbocycles. The van der Waals surface area contributed by atoms with Gasteiger partial charge >= 0.3 is 0 Å². The minimum Gasteiger partial charge on any atom is -0.485 e. The Morgan fingerprint density at radius 2 is 1.91 bits per heavy atom. The van der Waals surface area contributed by atoms with E-state index in [0.29, 0.717) is 35.8 Å². The molecule has 1 N–H and O–H groups in total. The molecule has 168 valence electrons. The molecule has 1 aromatic heterocycles. The van der Waals surface area contributed by atoms with Crippen molar-refractivity contribution in [3.05, 3.63) is 65.5 Å². The van der Waals surface area contributed by atoms with Gasteiger partial charge in [0.15, 0.2) is 28.6 Å². The van der Waals surface area contributed by atoms with Gasteiger partial charge < -0.3 is 19.4 Å². The number of hydrogen-bond acceptors (Lipinski definition) is 6. The van der Waals surface area contributed by atoms with Gasteiger partial charge in [-0.25, -0.2) is 0 Å². The molecule has 0 saturated carbocycles. The topological polar surface area (TPSA) is 78.3 Å². The Labute approximate surface area is 192 Å². The molecule has 1 aliphatic rings. The van der Waals surface area contributed by atoms with Gasteiger partial charge in [0.05, 0.1) is 5.75 Å². The lowest BCUT2D eigenvalue weighted by Gasteiger charge is -2.25. The van der Waals surface area contributed by atoms with Crippen molar-refractivity contribution in [1.82, 2.24) is 20.1 Å². The molecule has 3 aromatic rings. The van der Waals surface area contributed by atoms with E-state index in [1.54, 1.807) is 0 Å². The predicted molar refractivity (Wildman–Crippen MR) is 124 cm³/mol. The summed E-state index contributed by atoms with van der Waals surface area (Å²) in [6.45, 7) is 5.34. The number of nitrogens with one attached hydrogen (secondary N) is 1. The van der Waals surface area contributed by atoms with Gasteiger partial charge in [0, 0.05) is 13.6 Å². The molecule has 7 nitrogen and oxygen atoms in total. The number of carbonyl (C=O) groups is 1. The molecule has 2 heterocycles. The molecule has 0 saturated heterocycles. The van der Waals surface area contributed by atoms with Crippen molar-refractivity contribution in [1.29, 1.82) is 0 Å². The average molecular weight is 453 g/mol. The molecular weight excluding hydrogens is 424 g/mol. The minimum absolute atomic E-state index is 0.0236. The Hall–Kier alpha value is -3.00. The number of thioether (sulfide) groups is 1. The summed E-state index contributed by atoms with van der Waals surface area (Å²) in [6, 6.07) is 16.1. The van der Waals surface area contributed by atoms with Crippen LogP contribution in [0, 0.1) is 0 Å². The van der Waals surface area contributed by atoms with Gasteiger partial charge in [-0.15, -0.1) is 10.2 Å². The number of aromatic nitrogens is 3. The van der Waals surface area contributed by atoms with Crippen LogP contribution in [0.2, 0.25) is 0 Å². The van der Waals surface area contributed by atoms with Gasteiger partial charge in [-0.05, 0) is 35.6 Å². The number of amides is 1. The van der Waals surface area contributed by atoms with Crippen LogP contribution in [0.25, 0.3) is 0 Å². The molecule has 1 atom stereocenters. The Bertz CT molecular complexity index is 1070. The van der Waals surface area contributed by atoms with Crippen LogP contribution in [-0.4, -0.2) is 39.6 Å². The highest BCUT2D eigenvalue weighted by atomic mass is 32.2. The first-order valence-electron chi connectivity index (χ1n) is 10.8. The number of fused-ring (bicyclic) bond motifs is 1. The second-order valence-electron chi connectivity index (χ2n) is 8.05. The lowest BCUT2D eigenvalue weighted by molar-refractivity contribution is -0.118. The highest BCUT2D eigenvalue weighted by molar-refractivity contribution is 7.99. The van der Waals surface area contributed by atoms with Crippen molar-refractivity contribution >= 4 is 17.7 Å². The Balaban J connectivity index is 1.25. The molecule has 1 amide bonds. The van der Waals surface area contributed by atoms with Crippen LogP contribution in [0.5, 0.6) is 11.5 Å². The van der Waals surface area contributed by atoms with Crippen LogP contribution in [-0.2, 0) is 18.3 Å². The van der Waals surface area contributed by atoms with Gasteiger partial charge in [-0.2, -0.15) is 0 Å². The molecule has 0 aliphatic carbocycles. The maximum atomic E-state index is 12.3. The van der Waals surface area contributed by atoms with Crippen LogP contribution in [0.4, 0.5) is 0 Å². The van der Waals surface area contributed by atoms with Crippen LogP contribution >= 0.6 is 11.8 Å². The standard InChI is InChI=1S/C24H28N4O3S/c1-16(2)18-10-8-17(9-11-18)12-13-25-22(29)15-32-24-27-26-23(28(24)3)21-14-30-19-6-4-5-7-20(19)31-21/h4-11,16,21H,12-15H2,1-3H3,(H,25,29). The highest BCUT2D eigenvalue weighted by Gasteiger charge is 2.27. The van der Waals surface area contributed by atoms with Crippen LogP contribution < -0.4 is 14.8 Å². The number of carbonyl (C=O) groups excluding carboxylic acids is 1. The van der Waals surface area contributed by atoms with Crippen LogP contribution in [0.1, 0.15) is 42.8 Å². The van der Waals surface area contributed by atoms with Crippen LogP contribution in [0.15, 0.2) is 53.7 Å². The third-order valence-corrected chi connectivity index (χ3v) is 6.40. The third-order valence-electron chi connectivity index (χ3n) is 5.38. The second kappa shape index (κ2) is 10.1. The summed E-state index contributed by atoms with van der Waals surface area (Å²) in [5.74, 6) is 2.88. The first-order chi connectivity index (χ1) is 15.5. The zero-order chi connectivity index (χ0) is 22.5. The van der Waals surface area contributed by atoms with E-state index < -0.39 is 0 Å². The van der Waals surface area contributed by atoms with Gasteiger partial charge in [-0.3, -0.25) is 4.79 Å². The van der Waals surface area contributed by atoms with E-state index in [0.717, 1.165) is 12.2 Å². The Morgan fingerprint density at radius 1 is 1.16 bits per heavy atom. The van der Waals surface area contributed by atoms with E-state index in [2.05, 4.69) is 53.6 Å². The van der Waals surface area contributed by atoms with Crippen molar-refractivity contribution in [2.45, 2.75) is 37.4 Å². The molecular formula is C24H28N4O3S. The SMILES string of the molecule is CC(C)c1ccc(CCNC(=O)CSc2nnc(C3COc4ccccc4O3)n2C)cc1. The summed E-state index contributed by atoms with van der Waals surface area (Å²) < 4.78 is 13.6. The first kappa shape index (κ1) is 22.2. The molecule has 0 radical (unpaired) electrons. The number of ether oxygens (including phenoxy) is 2. The fourth-order valence-electron chi connectivity index (χ4n) is 3.48. The third kappa shape index (κ3) is 5.24. The van der Waals surface area contributed by atoms with Crippen molar-refractivity contribution in [3.8, 4) is 11.5 Å². The quantitative estimate of drug-likeness (QED) is 0.522. The van der Waals surface area contributed by atoms with Gasteiger partial charge in [0.2, 0.25) is 5.91 Å². The lowest BCUT2D eigenvalue weighted by atomic mass is 10.0. The van der Waals surface area contributed by atoms with Crippen molar-refractivity contribution in [2.75, 3.05) is 18.9 Å². The number of nitrogens with zero attached hydrogens (tertiary/aromatic N) is 3. The highest BCUT2D eigenvalue weighted by Crippen LogP contribution is 2.35. The summed E-state index contributed by atoms with van der Waals surface area (Å²) in [7, 11) is 1.88. The van der Waals surface area contributed by atoms with Gasteiger partial charge in [-0.1, -0.05) is 62.0 Å². The van der Waals surface area contributed by atoms with E-state index in [9.17, 15) is 4.79 Å². The minimum atomic E-state index is -0.340. The molecule has 1 unspecified atom stereocenters. The summed E-state index contributed by atoms with van der Waals surface area (Å²) in [5, 5.41) is 12.1. The van der Waals surface area contributed by atoms with Crippen LogP contribution in [0.3, 0.4) is 0 Å². The molecule has 32 heavy (non-hydrogen) atoms. The molecule has 4 rings (SSSR count). The number of hydrogen-bond donors (Lipinski definition) is 1. The smallest absolute Gasteiger partial charge is 0.230 e. The molecule has 0 bridgehead atoms. The van der Waals surface area contributed by atoms with E-state index in [1.165, 1.54) is 22.9 Å². The summed E-state index contributed by atoms with van der Waals surface area (Å²) in [6.07, 6.45) is 0.469. The van der Waals surface area contributed by atoms with E-state index in [4.69, 9.17) is 9.47 Å². The van der Waals surface area contributed by atoms with E-state index in [-0.39, 0.29) is 17.8 Å². The van der Waals surface area contributed by atoms with E-state index >= 15 is 0 Å². The van der Waals surface area contributed by atoms with Crippen molar-refractivity contribution in [3.63, 3.8) is 0 Å². The predicted octanol–water partition coefficient (Wildman–Crippen LogP) is 3.90. The van der Waals surface area contributed by atoms with Gasteiger partial charge in [0.1, 0.15) is 6.61 Å². The fraction of sp³-hybridized carbons (Fsp3) is 0.375. The second-order valence-corrected chi connectivity index (χ2v) is 8.99. The average Bonchev–Trinajstić information content (AvgIpc) is 3.18. The maximum Gasteiger partial charge on any atom is 0.230 e. The van der Waals surface area contributed by atoms with Gasteiger partial charge in [0.25, 0.3) is 0 Å². The summed E-state index contributed by atoms with van der Waals surface area (Å²) >= 11 is 1.36. The number of para-hydroxylation sites is 2. The number of rotatable bonds is 8. The molecule has 0 fully saturated rings. The number of benzene rings is 2.